The number of benzene rings is 1. The second-order valence-electron chi connectivity index (χ2n) is 13.3. The average molecular weight is 595 g/mol. The van der Waals surface area contributed by atoms with Crippen molar-refractivity contribution in [3.05, 3.63) is 66.0 Å². The van der Waals surface area contributed by atoms with Gasteiger partial charge in [0.2, 0.25) is 18.1 Å². The fourth-order valence-electron chi connectivity index (χ4n) is 4.73. The van der Waals surface area contributed by atoms with Crippen LogP contribution in [0.15, 0.2) is 54.6 Å². The van der Waals surface area contributed by atoms with E-state index in [1.165, 1.54) is 0 Å². The number of nitrogens with zero attached hydrogens (tertiary/aromatic N) is 3. The Kier molecular flexibility index (Phi) is 12.0. The molecule has 224 valence electrons. The Morgan fingerprint density at radius 2 is 1.63 bits per heavy atom. The number of unbranched alkanes of at least 4 members (excludes halogenated alkanes) is 1. The van der Waals surface area contributed by atoms with Crippen molar-refractivity contribution in [2.45, 2.75) is 115 Å². The van der Waals surface area contributed by atoms with Crippen molar-refractivity contribution < 1.29 is 13.6 Å². The number of carbonyl (C=O) groups excluding carboxylic acids is 1. The lowest BCUT2D eigenvalue weighted by Gasteiger charge is -2.43. The van der Waals surface area contributed by atoms with Gasteiger partial charge in [-0.25, -0.2) is 0 Å². The molecule has 1 aliphatic rings. The van der Waals surface area contributed by atoms with Crippen molar-refractivity contribution in [1.29, 1.82) is 0 Å². The van der Waals surface area contributed by atoms with Crippen LogP contribution in [0.5, 0.6) is 0 Å². The Hall–Kier alpha value is -2.21. The standard InChI is InChI=1S/C32H50N4O3Si2/c1-30(2,3)40(7)38-32(26-18-12-11-13-19-26,39-41(8)31(4,5)6)24-16-17-25-22-23-28(37)27(25)20-14-9-10-15-21-29-33-35-36-34-29/h9,11-14,16-19,25,27H,10,15,20-24H2,1-8H3,(H,33,34,35,36)/b14-9-,17-16?. The van der Waals surface area contributed by atoms with Crippen molar-refractivity contribution in [3.8, 4) is 0 Å². The Morgan fingerprint density at radius 3 is 2.22 bits per heavy atom. The quantitative estimate of drug-likeness (QED) is 0.104. The molecule has 9 heteroatoms. The van der Waals surface area contributed by atoms with Crippen molar-refractivity contribution >= 4 is 23.9 Å². The third kappa shape index (κ3) is 9.94. The molecule has 0 spiro atoms. The van der Waals surface area contributed by atoms with E-state index in [-0.39, 0.29) is 21.9 Å². The van der Waals surface area contributed by atoms with Crippen molar-refractivity contribution in [3.63, 3.8) is 0 Å². The van der Waals surface area contributed by atoms with E-state index >= 15 is 0 Å². The van der Waals surface area contributed by atoms with Gasteiger partial charge in [0.15, 0.2) is 11.6 Å². The molecule has 2 radical (unpaired) electrons. The highest BCUT2D eigenvalue weighted by Gasteiger charge is 2.43. The number of Topliss-reactive ketones (excluding diaryl/α,β-unsaturated/α-hetero) is 1. The van der Waals surface area contributed by atoms with Crippen LogP contribution in [-0.2, 0) is 25.9 Å². The maximum atomic E-state index is 12.8. The zero-order chi connectivity index (χ0) is 30.1. The van der Waals surface area contributed by atoms with E-state index in [1.54, 1.807) is 0 Å². The van der Waals surface area contributed by atoms with Gasteiger partial charge < -0.3 is 8.85 Å². The Balaban J connectivity index is 1.75. The summed E-state index contributed by atoms with van der Waals surface area (Å²) in [6.07, 6.45) is 14.5. The van der Waals surface area contributed by atoms with E-state index < -0.39 is 23.9 Å². The van der Waals surface area contributed by atoms with E-state index in [4.69, 9.17) is 8.85 Å². The van der Waals surface area contributed by atoms with Crippen LogP contribution >= 0.6 is 0 Å². The SMILES string of the molecule is C[Si](OC(CC=CC1CCC(=O)C1C/C=C\CCCc1nn[nH]n1)(O[Si](C)C(C)(C)C)c1ccccc1)C(C)(C)C. The van der Waals surface area contributed by atoms with Gasteiger partial charge in [0.05, 0.1) is 0 Å². The van der Waals surface area contributed by atoms with E-state index in [0.29, 0.717) is 18.6 Å². The summed E-state index contributed by atoms with van der Waals surface area (Å²) in [7, 11) is -2.44. The highest BCUT2D eigenvalue weighted by molar-refractivity contribution is 6.55. The summed E-state index contributed by atoms with van der Waals surface area (Å²) >= 11 is 0. The van der Waals surface area contributed by atoms with Crippen LogP contribution in [0.1, 0.15) is 91.5 Å². The normalized spacial score (nSPS) is 19.0. The van der Waals surface area contributed by atoms with Gasteiger partial charge in [-0.1, -0.05) is 101 Å². The number of tetrazole rings is 1. The molecule has 3 rings (SSSR count). The smallest absolute Gasteiger partial charge is 0.218 e. The van der Waals surface area contributed by atoms with Crippen LogP contribution in [0.2, 0.25) is 23.2 Å². The molecule has 1 heterocycles. The summed E-state index contributed by atoms with van der Waals surface area (Å²) in [6.45, 7) is 18.0. The number of ketones is 1. The highest BCUT2D eigenvalue weighted by atomic mass is 28.3. The number of nitrogens with one attached hydrogen (secondary N) is 1. The summed E-state index contributed by atoms with van der Waals surface area (Å²) in [5.74, 6) is 0.543. The molecule has 2 unspecified atom stereocenters. The first-order chi connectivity index (χ1) is 19.3. The molecule has 41 heavy (non-hydrogen) atoms. The first-order valence-electron chi connectivity index (χ1n) is 15.0. The minimum atomic E-state index is -1.22. The van der Waals surface area contributed by atoms with Crippen LogP contribution in [-0.4, -0.2) is 44.5 Å². The van der Waals surface area contributed by atoms with Crippen molar-refractivity contribution in [2.24, 2.45) is 11.8 Å². The first kappa shape index (κ1) is 33.3. The van der Waals surface area contributed by atoms with Gasteiger partial charge in [0, 0.05) is 30.7 Å². The number of aromatic nitrogens is 4. The maximum Gasteiger partial charge on any atom is 0.218 e. The van der Waals surface area contributed by atoms with Gasteiger partial charge in [-0.15, -0.1) is 10.2 Å². The van der Waals surface area contributed by atoms with Crippen molar-refractivity contribution in [2.75, 3.05) is 0 Å². The van der Waals surface area contributed by atoms with Crippen LogP contribution in [0.4, 0.5) is 0 Å². The Labute approximate surface area is 251 Å². The van der Waals surface area contributed by atoms with Crippen molar-refractivity contribution in [1.82, 2.24) is 20.6 Å². The number of carbonyl (C=O) groups is 1. The highest BCUT2D eigenvalue weighted by Crippen LogP contribution is 2.42. The molecule has 1 aromatic carbocycles. The fraction of sp³-hybridized carbons (Fsp3) is 0.625. The number of allylic oxidation sites excluding steroid dienone is 3. The van der Waals surface area contributed by atoms with E-state index in [1.807, 2.05) is 6.07 Å². The number of hydrogen-bond donors (Lipinski definition) is 1. The number of aryl methyl sites for hydroxylation is 1. The molecule has 1 saturated carbocycles. The molecule has 1 N–H and O–H groups in total. The molecular formula is C32H50N4O3Si2. The van der Waals surface area contributed by atoms with Gasteiger partial charge in [-0.2, -0.15) is 5.21 Å². The summed E-state index contributed by atoms with van der Waals surface area (Å²) in [4.78, 5) is 12.8. The molecule has 0 bridgehead atoms. The van der Waals surface area contributed by atoms with Gasteiger partial charge in [-0.05, 0) is 54.8 Å². The summed E-state index contributed by atoms with van der Waals surface area (Å²) in [6, 6.07) is 10.4. The van der Waals surface area contributed by atoms with E-state index in [9.17, 15) is 4.79 Å². The topological polar surface area (TPSA) is 90.0 Å². The van der Waals surface area contributed by atoms with Gasteiger partial charge in [0.25, 0.3) is 0 Å². The minimum Gasteiger partial charge on any atom is -0.386 e. The van der Waals surface area contributed by atoms with Gasteiger partial charge in [-0.3, -0.25) is 4.79 Å². The zero-order valence-corrected chi connectivity index (χ0v) is 28.4. The second-order valence-corrected chi connectivity index (χ2v) is 18.9. The lowest BCUT2D eigenvalue weighted by Crippen LogP contribution is -2.45. The molecule has 2 atom stereocenters. The predicted octanol–water partition coefficient (Wildman–Crippen LogP) is 7.74. The van der Waals surface area contributed by atoms with Crippen LogP contribution < -0.4 is 0 Å². The fourth-order valence-corrected chi connectivity index (χ4v) is 6.90. The molecular weight excluding hydrogens is 545 g/mol. The monoisotopic (exact) mass is 594 g/mol. The zero-order valence-electron chi connectivity index (χ0n) is 26.4. The first-order valence-corrected chi connectivity index (χ1v) is 18.8. The number of H-pyrrole nitrogens is 1. The van der Waals surface area contributed by atoms with E-state index in [0.717, 1.165) is 43.5 Å². The minimum absolute atomic E-state index is 0.0356. The molecule has 0 aliphatic heterocycles. The lowest BCUT2D eigenvalue weighted by atomic mass is 9.91. The predicted molar refractivity (Wildman–Crippen MR) is 169 cm³/mol. The van der Waals surface area contributed by atoms with Crippen LogP contribution in [0.25, 0.3) is 0 Å². The molecule has 2 aromatic rings. The third-order valence-electron chi connectivity index (χ3n) is 8.10. The van der Waals surface area contributed by atoms with Crippen LogP contribution in [0.3, 0.4) is 0 Å². The molecule has 0 saturated heterocycles. The number of rotatable bonds is 14. The summed E-state index contributed by atoms with van der Waals surface area (Å²) in [5, 5.41) is 14.2. The summed E-state index contributed by atoms with van der Waals surface area (Å²) in [5.41, 5.74) is 1.06. The van der Waals surface area contributed by atoms with Gasteiger partial charge >= 0.3 is 0 Å². The largest absolute Gasteiger partial charge is 0.386 e. The molecule has 1 fully saturated rings. The van der Waals surface area contributed by atoms with E-state index in [2.05, 4.69) is 124 Å². The summed E-state index contributed by atoms with van der Waals surface area (Å²) < 4.78 is 14.1. The molecule has 1 aliphatic carbocycles. The molecule has 1 aromatic heterocycles. The van der Waals surface area contributed by atoms with Gasteiger partial charge in [0.1, 0.15) is 5.78 Å². The lowest BCUT2D eigenvalue weighted by molar-refractivity contribution is -0.130. The average Bonchev–Trinajstić information content (AvgIpc) is 3.55. The van der Waals surface area contributed by atoms with Crippen LogP contribution in [0, 0.1) is 11.8 Å². The Bertz CT molecular complexity index is 1100. The molecule has 0 amide bonds. The second kappa shape index (κ2) is 14.8. The number of aromatic amines is 1. The Morgan fingerprint density at radius 1 is 0.976 bits per heavy atom. The number of hydrogen-bond acceptors (Lipinski definition) is 6. The third-order valence-corrected chi connectivity index (χ3v) is 13.6. The molecule has 7 nitrogen and oxygen atoms in total. The maximum absolute atomic E-state index is 12.8.